The van der Waals surface area contributed by atoms with Crippen molar-refractivity contribution in [1.29, 1.82) is 0 Å². The average molecular weight is 572 g/mol. The summed E-state index contributed by atoms with van der Waals surface area (Å²) in [4.78, 5) is 69.7. The predicted molar refractivity (Wildman–Crippen MR) is 126 cm³/mol. The van der Waals surface area contributed by atoms with E-state index in [2.05, 4.69) is 9.84 Å². The summed E-state index contributed by atoms with van der Waals surface area (Å²) in [5.41, 5.74) is 0.647. The van der Waals surface area contributed by atoms with E-state index in [9.17, 15) is 32.5 Å². The summed E-state index contributed by atoms with van der Waals surface area (Å²) in [6.45, 7) is -1.25. The summed E-state index contributed by atoms with van der Waals surface area (Å²) in [6.07, 6.45) is -0.146. The number of hydrogen-bond acceptors (Lipinski definition) is 6. The lowest BCUT2D eigenvalue weighted by atomic mass is 10.0. The molecule has 1 fully saturated rings. The number of carbonyl (C=O) groups is 4. The van der Waals surface area contributed by atoms with Crippen molar-refractivity contribution in [3.63, 3.8) is 0 Å². The van der Waals surface area contributed by atoms with Gasteiger partial charge in [0.05, 0.1) is 0 Å². The van der Waals surface area contributed by atoms with Crippen LogP contribution in [0.5, 0.6) is 0 Å². The number of benzene rings is 2. The molecule has 38 heavy (non-hydrogen) atoms. The highest BCUT2D eigenvalue weighted by molar-refractivity contribution is 7.46. The molecule has 1 unspecified atom stereocenters. The van der Waals surface area contributed by atoms with Crippen molar-refractivity contribution in [2.24, 2.45) is 0 Å². The number of phosphoric acid groups is 1. The second kappa shape index (κ2) is 10.5. The molecule has 2 aliphatic rings. The maximum Gasteiger partial charge on any atom is 0.471 e. The van der Waals surface area contributed by atoms with Crippen LogP contribution < -0.4 is 5.32 Å². The summed E-state index contributed by atoms with van der Waals surface area (Å²) in [7, 11) is -4.95. The number of hydrogen-bond donors (Lipinski definition) is 3. The zero-order valence-electron chi connectivity index (χ0n) is 19.5. The molecule has 3 N–H and O–H groups in total. The lowest BCUT2D eigenvalue weighted by molar-refractivity contribution is -0.156. The number of phosphoric ester groups is 1. The summed E-state index contributed by atoms with van der Waals surface area (Å²) in [5, 5.41) is 2.42. The number of fused-ring (bicyclic) bond motifs is 1. The summed E-state index contributed by atoms with van der Waals surface area (Å²) in [6, 6.07) is 8.00. The molecule has 2 aromatic carbocycles. The van der Waals surface area contributed by atoms with Crippen molar-refractivity contribution >= 4 is 43.1 Å². The molecular weight excluding hydrogens is 551 g/mol. The molecule has 0 spiro atoms. The molecule has 0 aromatic heterocycles. The molecule has 11 nitrogen and oxygen atoms in total. The van der Waals surface area contributed by atoms with E-state index < -0.39 is 55.7 Å². The van der Waals surface area contributed by atoms with E-state index in [1.54, 1.807) is 6.07 Å². The van der Waals surface area contributed by atoms with Gasteiger partial charge < -0.3 is 20.0 Å². The van der Waals surface area contributed by atoms with Gasteiger partial charge in [-0.1, -0.05) is 35.9 Å². The molecule has 0 aliphatic carbocycles. The Hall–Kier alpha value is -3.22. The molecule has 2 heterocycles. The van der Waals surface area contributed by atoms with Crippen LogP contribution in [0.15, 0.2) is 42.5 Å². The van der Waals surface area contributed by atoms with Crippen molar-refractivity contribution < 1.29 is 46.8 Å². The van der Waals surface area contributed by atoms with Gasteiger partial charge in [-0.2, -0.15) is 8.78 Å². The van der Waals surface area contributed by atoms with Gasteiger partial charge in [0.1, 0.15) is 12.8 Å². The fourth-order valence-electron chi connectivity index (χ4n) is 4.22. The van der Waals surface area contributed by atoms with Gasteiger partial charge in [0.2, 0.25) is 5.91 Å². The maximum atomic E-state index is 14.5. The van der Waals surface area contributed by atoms with Crippen molar-refractivity contribution in [3.8, 4) is 0 Å². The smallest absolute Gasteiger partial charge is 0.346 e. The molecule has 0 bridgehead atoms. The number of nitrogens with zero attached hydrogens (tertiary/aromatic N) is 2. The fourth-order valence-corrected chi connectivity index (χ4v) is 4.61. The normalized spacial score (nSPS) is 18.1. The number of carbonyl (C=O) groups excluding carboxylic acids is 4. The fraction of sp³-hybridized carbons (Fsp3) is 0.304. The Morgan fingerprint density at radius 3 is 2.50 bits per heavy atom. The highest BCUT2D eigenvalue weighted by Gasteiger charge is 2.44. The number of nitrogens with one attached hydrogen (secondary N) is 1. The Balaban J connectivity index is 1.43. The van der Waals surface area contributed by atoms with Crippen molar-refractivity contribution in [3.05, 3.63) is 69.7 Å². The average Bonchev–Trinajstić information content (AvgIpc) is 3.17. The standard InChI is InChI=1S/C23H21ClF2N3O8P/c24-16-4-2-15(3-5-16)23(25,26)22(33)27-10-13-1-6-17-14(9-13)11-28(20(17)31)18-7-8-19(30)29(21(18)32)12-37-38(34,35)36/h1-6,9,18H,7-8,10-12H2,(H,27,33)(H2,34,35,36). The number of alkyl halides is 2. The Morgan fingerprint density at radius 2 is 1.84 bits per heavy atom. The summed E-state index contributed by atoms with van der Waals surface area (Å²) < 4.78 is 44.3. The molecule has 4 amide bonds. The van der Waals surface area contributed by atoms with Gasteiger partial charge >= 0.3 is 13.7 Å². The minimum atomic E-state index is -4.95. The summed E-state index contributed by atoms with van der Waals surface area (Å²) >= 11 is 5.71. The first-order chi connectivity index (χ1) is 17.8. The van der Waals surface area contributed by atoms with Gasteiger partial charge in [-0.25, -0.2) is 4.57 Å². The maximum absolute atomic E-state index is 14.5. The van der Waals surface area contributed by atoms with Crippen LogP contribution in [0.1, 0.15) is 39.9 Å². The van der Waals surface area contributed by atoms with Gasteiger partial charge in [0.15, 0.2) is 0 Å². The Labute approximate surface area is 219 Å². The molecular formula is C23H21ClF2N3O8P. The van der Waals surface area contributed by atoms with Gasteiger partial charge in [0.25, 0.3) is 17.7 Å². The van der Waals surface area contributed by atoms with E-state index in [1.807, 2.05) is 0 Å². The first-order valence-electron chi connectivity index (χ1n) is 11.2. The second-order valence-electron chi connectivity index (χ2n) is 8.65. The van der Waals surface area contributed by atoms with E-state index in [1.165, 1.54) is 29.2 Å². The van der Waals surface area contributed by atoms with E-state index >= 15 is 0 Å². The van der Waals surface area contributed by atoms with E-state index in [-0.39, 0.29) is 36.5 Å². The van der Waals surface area contributed by atoms with Crippen LogP contribution in [0.2, 0.25) is 5.02 Å². The molecule has 15 heteroatoms. The molecule has 0 saturated carbocycles. The number of amides is 4. The molecule has 0 radical (unpaired) electrons. The van der Waals surface area contributed by atoms with Crippen LogP contribution in [0.4, 0.5) is 8.78 Å². The van der Waals surface area contributed by atoms with Gasteiger partial charge in [0, 0.05) is 35.7 Å². The third kappa shape index (κ3) is 5.77. The number of imide groups is 1. The lowest BCUT2D eigenvalue weighted by Crippen LogP contribution is -2.55. The van der Waals surface area contributed by atoms with Crippen LogP contribution in [0.3, 0.4) is 0 Å². The first-order valence-corrected chi connectivity index (χ1v) is 13.1. The van der Waals surface area contributed by atoms with Crippen molar-refractivity contribution in [1.82, 2.24) is 15.1 Å². The molecule has 2 aromatic rings. The highest BCUT2D eigenvalue weighted by atomic mass is 35.5. The van der Waals surface area contributed by atoms with E-state index in [0.29, 0.717) is 16.0 Å². The number of likely N-dealkylation sites (tertiary alicyclic amines) is 1. The molecule has 202 valence electrons. The Morgan fingerprint density at radius 1 is 1.16 bits per heavy atom. The SMILES string of the molecule is O=C1CCC(N2Cc3cc(CNC(=O)C(F)(F)c4ccc(Cl)cc4)ccc3C2=O)C(=O)N1COP(=O)(O)O. The minimum Gasteiger partial charge on any atom is -0.346 e. The van der Waals surface area contributed by atoms with Crippen LogP contribution in [-0.4, -0.2) is 56.0 Å². The Kier molecular flexibility index (Phi) is 7.69. The van der Waals surface area contributed by atoms with Crippen LogP contribution in [-0.2, 0) is 42.5 Å². The monoisotopic (exact) mass is 571 g/mol. The lowest BCUT2D eigenvalue weighted by Gasteiger charge is -2.35. The van der Waals surface area contributed by atoms with E-state index in [0.717, 1.165) is 12.1 Å². The number of rotatable bonds is 8. The first kappa shape index (κ1) is 27.8. The third-order valence-electron chi connectivity index (χ3n) is 6.16. The number of piperidine rings is 1. The van der Waals surface area contributed by atoms with Crippen LogP contribution in [0, 0.1) is 0 Å². The molecule has 1 saturated heterocycles. The van der Waals surface area contributed by atoms with Gasteiger partial charge in [-0.05, 0) is 35.7 Å². The molecule has 4 rings (SSSR count). The zero-order valence-corrected chi connectivity index (χ0v) is 21.1. The van der Waals surface area contributed by atoms with Crippen LogP contribution >= 0.6 is 19.4 Å². The number of halogens is 3. The Bertz CT molecular complexity index is 1350. The topological polar surface area (TPSA) is 154 Å². The largest absolute Gasteiger partial charge is 0.471 e. The van der Waals surface area contributed by atoms with E-state index in [4.69, 9.17) is 21.4 Å². The zero-order chi connectivity index (χ0) is 27.8. The minimum absolute atomic E-state index is 0.00645. The van der Waals surface area contributed by atoms with Gasteiger partial charge in [-0.15, -0.1) is 0 Å². The molecule has 1 atom stereocenters. The van der Waals surface area contributed by atoms with Crippen molar-refractivity contribution in [2.75, 3.05) is 6.73 Å². The second-order valence-corrected chi connectivity index (χ2v) is 10.3. The van der Waals surface area contributed by atoms with Gasteiger partial charge in [-0.3, -0.25) is 28.6 Å². The summed E-state index contributed by atoms with van der Waals surface area (Å²) in [5.74, 6) is -7.37. The third-order valence-corrected chi connectivity index (χ3v) is 6.87. The predicted octanol–water partition coefficient (Wildman–Crippen LogP) is 2.29. The highest BCUT2D eigenvalue weighted by Crippen LogP contribution is 2.37. The van der Waals surface area contributed by atoms with Crippen LogP contribution in [0.25, 0.3) is 0 Å². The quantitative estimate of drug-likeness (QED) is 0.322. The molecule has 2 aliphatic heterocycles. The van der Waals surface area contributed by atoms with Crippen molar-refractivity contribution in [2.45, 2.75) is 37.9 Å².